The summed E-state index contributed by atoms with van der Waals surface area (Å²) in [5, 5.41) is 12.2. The first-order valence-electron chi connectivity index (χ1n) is 5.47. The van der Waals surface area contributed by atoms with Gasteiger partial charge >= 0.3 is 0 Å². The number of hydrogen-bond donors (Lipinski definition) is 1. The first kappa shape index (κ1) is 10.8. The Bertz CT molecular complexity index is 382. The Morgan fingerprint density at radius 3 is 3.06 bits per heavy atom. The lowest BCUT2D eigenvalue weighted by atomic mass is 10.1. The second-order valence-electron chi connectivity index (χ2n) is 3.78. The third-order valence-electron chi connectivity index (χ3n) is 2.60. The van der Waals surface area contributed by atoms with Crippen molar-refractivity contribution in [2.75, 3.05) is 13.2 Å². The Hall–Kier alpha value is -1.67. The van der Waals surface area contributed by atoms with Crippen molar-refractivity contribution in [3.63, 3.8) is 0 Å². The van der Waals surface area contributed by atoms with E-state index in [9.17, 15) is 0 Å². The third-order valence-corrected chi connectivity index (χ3v) is 2.60. The van der Waals surface area contributed by atoms with Gasteiger partial charge in [0.05, 0.1) is 0 Å². The Labute approximate surface area is 94.5 Å². The van der Waals surface area contributed by atoms with Gasteiger partial charge in [-0.25, -0.2) is 9.97 Å². The molecule has 0 amide bonds. The minimum Gasteiger partial charge on any atom is -0.474 e. The molecule has 1 aliphatic rings. The average Bonchev–Trinajstić information content (AvgIpc) is 2.38. The number of hydrogen-bond acceptors (Lipinski definition) is 5. The number of nitriles is 1. The first-order chi connectivity index (χ1) is 7.90. The Balaban J connectivity index is 1.91. The molecule has 0 aliphatic carbocycles. The molecule has 1 aromatic heterocycles. The van der Waals surface area contributed by atoms with Gasteiger partial charge in [0.1, 0.15) is 12.7 Å². The molecule has 1 aromatic rings. The summed E-state index contributed by atoms with van der Waals surface area (Å²) < 4.78 is 5.51. The van der Waals surface area contributed by atoms with E-state index >= 15 is 0 Å². The van der Waals surface area contributed by atoms with Crippen LogP contribution in [-0.2, 0) is 0 Å². The number of nitrogens with one attached hydrogen (secondary N) is 1. The van der Waals surface area contributed by atoms with Crippen LogP contribution in [-0.4, -0.2) is 29.2 Å². The highest BCUT2D eigenvalue weighted by Crippen LogP contribution is 2.12. The van der Waals surface area contributed by atoms with Gasteiger partial charge in [0.2, 0.25) is 5.69 Å². The lowest BCUT2D eigenvalue weighted by Gasteiger charge is -2.23. The molecule has 1 N–H and O–H groups in total. The predicted octanol–water partition coefficient (Wildman–Crippen LogP) is 0.869. The Morgan fingerprint density at radius 2 is 2.31 bits per heavy atom. The quantitative estimate of drug-likeness (QED) is 0.815. The summed E-state index contributed by atoms with van der Waals surface area (Å²) in [7, 11) is 0. The van der Waals surface area contributed by atoms with Gasteiger partial charge in [-0.1, -0.05) is 6.42 Å². The SMILES string of the molecule is N#Cc1nccnc1OC[C@@H]1CCCCN1. The molecule has 5 heteroatoms. The summed E-state index contributed by atoms with van der Waals surface area (Å²) in [5.41, 5.74) is 0.248. The number of rotatable bonds is 3. The first-order valence-corrected chi connectivity index (χ1v) is 5.47. The lowest BCUT2D eigenvalue weighted by molar-refractivity contribution is 0.230. The average molecular weight is 218 g/mol. The molecular weight excluding hydrogens is 204 g/mol. The molecule has 84 valence electrons. The molecule has 0 unspecified atom stereocenters. The van der Waals surface area contributed by atoms with E-state index in [0.717, 1.165) is 13.0 Å². The summed E-state index contributed by atoms with van der Waals surface area (Å²) in [6, 6.07) is 2.33. The minimum absolute atomic E-state index is 0.248. The maximum absolute atomic E-state index is 8.81. The van der Waals surface area contributed by atoms with Crippen LogP contribution in [0.3, 0.4) is 0 Å². The van der Waals surface area contributed by atoms with Gasteiger partial charge in [0.15, 0.2) is 0 Å². The molecule has 2 heterocycles. The van der Waals surface area contributed by atoms with E-state index in [1.807, 2.05) is 6.07 Å². The van der Waals surface area contributed by atoms with Crippen molar-refractivity contribution in [3.05, 3.63) is 18.1 Å². The number of ether oxygens (including phenoxy) is 1. The van der Waals surface area contributed by atoms with Crippen LogP contribution in [0.25, 0.3) is 0 Å². The molecule has 1 aliphatic heterocycles. The molecule has 0 spiro atoms. The highest BCUT2D eigenvalue weighted by Gasteiger charge is 2.14. The third kappa shape index (κ3) is 2.67. The molecule has 1 fully saturated rings. The zero-order valence-electron chi connectivity index (χ0n) is 9.02. The van der Waals surface area contributed by atoms with Crippen LogP contribution in [0.4, 0.5) is 0 Å². The second kappa shape index (κ2) is 5.42. The zero-order chi connectivity index (χ0) is 11.2. The number of nitrogens with zero attached hydrogens (tertiary/aromatic N) is 3. The van der Waals surface area contributed by atoms with Gasteiger partial charge < -0.3 is 10.1 Å². The van der Waals surface area contributed by atoms with Crippen LogP contribution in [0, 0.1) is 11.3 Å². The molecular formula is C11H14N4O. The van der Waals surface area contributed by atoms with Crippen molar-refractivity contribution in [1.29, 1.82) is 5.26 Å². The fourth-order valence-electron chi connectivity index (χ4n) is 1.75. The van der Waals surface area contributed by atoms with E-state index in [2.05, 4.69) is 15.3 Å². The standard InChI is InChI=1S/C11H14N4O/c12-7-10-11(15-6-5-14-10)16-8-9-3-1-2-4-13-9/h5-6,9,13H,1-4,8H2/t9-/m0/s1. The van der Waals surface area contributed by atoms with Crippen LogP contribution in [0.1, 0.15) is 25.0 Å². The molecule has 5 nitrogen and oxygen atoms in total. The molecule has 16 heavy (non-hydrogen) atoms. The van der Waals surface area contributed by atoms with E-state index < -0.39 is 0 Å². The van der Waals surface area contributed by atoms with E-state index in [1.54, 1.807) is 0 Å². The van der Waals surface area contributed by atoms with Gasteiger partial charge in [-0.2, -0.15) is 5.26 Å². The van der Waals surface area contributed by atoms with E-state index in [0.29, 0.717) is 18.5 Å². The highest BCUT2D eigenvalue weighted by atomic mass is 16.5. The van der Waals surface area contributed by atoms with Crippen LogP contribution in [0.5, 0.6) is 5.88 Å². The minimum atomic E-state index is 0.248. The van der Waals surface area contributed by atoms with Crippen LogP contribution in [0.15, 0.2) is 12.4 Å². The second-order valence-corrected chi connectivity index (χ2v) is 3.78. The molecule has 0 saturated carbocycles. The lowest BCUT2D eigenvalue weighted by Crippen LogP contribution is -2.38. The fourth-order valence-corrected chi connectivity index (χ4v) is 1.75. The van der Waals surface area contributed by atoms with Crippen molar-refractivity contribution in [1.82, 2.24) is 15.3 Å². The maximum Gasteiger partial charge on any atom is 0.251 e. The molecule has 2 rings (SSSR count). The van der Waals surface area contributed by atoms with Crippen molar-refractivity contribution in [2.24, 2.45) is 0 Å². The van der Waals surface area contributed by atoms with Gasteiger partial charge in [0.25, 0.3) is 5.88 Å². The summed E-state index contributed by atoms with van der Waals surface area (Å²) in [6.07, 6.45) is 6.59. The topological polar surface area (TPSA) is 70.8 Å². The van der Waals surface area contributed by atoms with Crippen molar-refractivity contribution in [3.8, 4) is 11.9 Å². The largest absolute Gasteiger partial charge is 0.474 e. The van der Waals surface area contributed by atoms with Gasteiger partial charge in [-0.15, -0.1) is 0 Å². The van der Waals surface area contributed by atoms with E-state index in [-0.39, 0.29) is 5.69 Å². The summed E-state index contributed by atoms with van der Waals surface area (Å²) >= 11 is 0. The van der Waals surface area contributed by atoms with Gasteiger partial charge in [-0.05, 0) is 19.4 Å². The Kier molecular flexibility index (Phi) is 3.67. The normalized spacial score (nSPS) is 20.1. The summed E-state index contributed by atoms with van der Waals surface area (Å²) in [4.78, 5) is 7.89. The number of piperidine rings is 1. The Morgan fingerprint density at radius 1 is 1.44 bits per heavy atom. The fraction of sp³-hybridized carbons (Fsp3) is 0.545. The van der Waals surface area contributed by atoms with Gasteiger partial charge in [0, 0.05) is 18.4 Å². The number of aromatic nitrogens is 2. The molecule has 1 saturated heterocycles. The van der Waals surface area contributed by atoms with Crippen molar-refractivity contribution < 1.29 is 4.74 Å². The molecule has 0 radical (unpaired) electrons. The molecule has 0 bridgehead atoms. The van der Waals surface area contributed by atoms with Crippen LogP contribution >= 0.6 is 0 Å². The summed E-state index contributed by atoms with van der Waals surface area (Å²) in [5.74, 6) is 0.331. The predicted molar refractivity (Wildman–Crippen MR) is 57.9 cm³/mol. The molecule has 0 aromatic carbocycles. The zero-order valence-corrected chi connectivity index (χ0v) is 9.02. The smallest absolute Gasteiger partial charge is 0.251 e. The van der Waals surface area contributed by atoms with Crippen LogP contribution in [0.2, 0.25) is 0 Å². The van der Waals surface area contributed by atoms with E-state index in [4.69, 9.17) is 10.00 Å². The van der Waals surface area contributed by atoms with Crippen LogP contribution < -0.4 is 10.1 Å². The van der Waals surface area contributed by atoms with Gasteiger partial charge in [-0.3, -0.25) is 0 Å². The van der Waals surface area contributed by atoms with E-state index in [1.165, 1.54) is 25.2 Å². The summed E-state index contributed by atoms with van der Waals surface area (Å²) in [6.45, 7) is 1.59. The van der Waals surface area contributed by atoms with Crippen molar-refractivity contribution >= 4 is 0 Å². The maximum atomic E-state index is 8.81. The highest BCUT2D eigenvalue weighted by molar-refractivity contribution is 5.29. The molecule has 1 atom stereocenters. The van der Waals surface area contributed by atoms with Crippen molar-refractivity contribution in [2.45, 2.75) is 25.3 Å². The monoisotopic (exact) mass is 218 g/mol.